The van der Waals surface area contributed by atoms with Crippen LogP contribution in [0.3, 0.4) is 0 Å². The second-order valence-corrected chi connectivity index (χ2v) is 6.87. The summed E-state index contributed by atoms with van der Waals surface area (Å²) in [5.74, 6) is 0.837. The summed E-state index contributed by atoms with van der Waals surface area (Å²) in [6.45, 7) is 4.45. The first kappa shape index (κ1) is 19.9. The van der Waals surface area contributed by atoms with Crippen LogP contribution in [0.2, 0.25) is 0 Å². The van der Waals surface area contributed by atoms with Gasteiger partial charge in [-0.2, -0.15) is 0 Å². The zero-order chi connectivity index (χ0) is 19.9. The van der Waals surface area contributed by atoms with Gasteiger partial charge in [-0.3, -0.25) is 14.5 Å². The predicted molar refractivity (Wildman–Crippen MR) is 111 cm³/mol. The summed E-state index contributed by atoms with van der Waals surface area (Å²) < 4.78 is 5.19. The molecule has 2 aromatic carbocycles. The third-order valence-electron chi connectivity index (χ3n) is 4.92. The number of anilines is 2. The van der Waals surface area contributed by atoms with Gasteiger partial charge in [-0.25, -0.2) is 0 Å². The number of nitrogens with zero attached hydrogens (tertiary/aromatic N) is 2. The van der Waals surface area contributed by atoms with Crippen LogP contribution in [-0.2, 0) is 16.1 Å². The quantitative estimate of drug-likeness (QED) is 0.762. The highest BCUT2D eigenvalue weighted by atomic mass is 16.5. The first-order valence-electron chi connectivity index (χ1n) is 9.65. The lowest BCUT2D eigenvalue weighted by Gasteiger charge is -2.22. The van der Waals surface area contributed by atoms with Gasteiger partial charge in [0.2, 0.25) is 11.8 Å². The number of likely N-dealkylation sites (N-methyl/N-ethyl adjacent to an activating group) is 1. The van der Waals surface area contributed by atoms with E-state index in [0.717, 1.165) is 30.0 Å². The molecule has 0 atom stereocenters. The van der Waals surface area contributed by atoms with Gasteiger partial charge < -0.3 is 15.0 Å². The molecule has 3 rings (SSSR count). The lowest BCUT2D eigenvalue weighted by molar-refractivity contribution is -0.118. The summed E-state index contributed by atoms with van der Waals surface area (Å²) >= 11 is 0. The number of carbonyl (C=O) groups excluding carboxylic acids is 2. The molecule has 0 aromatic heterocycles. The van der Waals surface area contributed by atoms with E-state index < -0.39 is 0 Å². The van der Waals surface area contributed by atoms with Crippen molar-refractivity contribution in [3.8, 4) is 5.75 Å². The van der Waals surface area contributed by atoms with E-state index in [4.69, 9.17) is 4.74 Å². The Balaban J connectivity index is 1.63. The lowest BCUT2D eigenvalue weighted by Crippen LogP contribution is -2.33. The number of rotatable bonds is 8. The minimum Gasteiger partial charge on any atom is -0.497 e. The van der Waals surface area contributed by atoms with Gasteiger partial charge in [-0.1, -0.05) is 31.2 Å². The van der Waals surface area contributed by atoms with Crippen molar-refractivity contribution in [1.29, 1.82) is 0 Å². The summed E-state index contributed by atoms with van der Waals surface area (Å²) in [4.78, 5) is 28.6. The normalized spacial score (nSPS) is 13.8. The molecule has 28 heavy (non-hydrogen) atoms. The molecule has 1 saturated heterocycles. The largest absolute Gasteiger partial charge is 0.497 e. The second kappa shape index (κ2) is 9.37. The molecular formula is C22H27N3O3. The zero-order valence-corrected chi connectivity index (χ0v) is 16.5. The standard InChI is InChI=1S/C22H27N3O3/c1-3-24(15-17-10-12-18(28-2)13-11-17)16-21(26)23-19-7-4-5-8-20(19)25-14-6-9-22(25)27/h4-5,7-8,10-13H,3,6,9,14-16H2,1-2H3,(H,23,26). The first-order chi connectivity index (χ1) is 13.6. The van der Waals surface area contributed by atoms with Crippen molar-refractivity contribution in [1.82, 2.24) is 4.90 Å². The number of carbonyl (C=O) groups is 2. The van der Waals surface area contributed by atoms with Crippen LogP contribution < -0.4 is 15.0 Å². The van der Waals surface area contributed by atoms with Crippen molar-refractivity contribution < 1.29 is 14.3 Å². The first-order valence-corrected chi connectivity index (χ1v) is 9.65. The Morgan fingerprint density at radius 3 is 2.57 bits per heavy atom. The second-order valence-electron chi connectivity index (χ2n) is 6.87. The molecule has 1 aliphatic heterocycles. The summed E-state index contributed by atoms with van der Waals surface area (Å²) in [6.07, 6.45) is 1.42. The van der Waals surface area contributed by atoms with Gasteiger partial charge in [-0.05, 0) is 42.8 Å². The average Bonchev–Trinajstić information content (AvgIpc) is 3.14. The maximum Gasteiger partial charge on any atom is 0.238 e. The molecule has 1 heterocycles. The SMILES string of the molecule is CCN(CC(=O)Nc1ccccc1N1CCCC1=O)Cc1ccc(OC)cc1. The molecule has 6 heteroatoms. The number of hydrogen-bond acceptors (Lipinski definition) is 4. The number of ether oxygens (including phenoxy) is 1. The molecule has 2 aromatic rings. The van der Waals surface area contributed by atoms with Crippen LogP contribution in [0.25, 0.3) is 0 Å². The molecule has 0 unspecified atom stereocenters. The Morgan fingerprint density at radius 2 is 1.93 bits per heavy atom. The van der Waals surface area contributed by atoms with Gasteiger partial charge in [0.05, 0.1) is 25.0 Å². The van der Waals surface area contributed by atoms with Crippen LogP contribution in [0.4, 0.5) is 11.4 Å². The highest BCUT2D eigenvalue weighted by Crippen LogP contribution is 2.29. The molecule has 1 N–H and O–H groups in total. The Bertz CT molecular complexity index is 820. The zero-order valence-electron chi connectivity index (χ0n) is 16.5. The van der Waals surface area contributed by atoms with E-state index in [1.54, 1.807) is 12.0 Å². The molecule has 0 bridgehead atoms. The topological polar surface area (TPSA) is 61.9 Å². The lowest BCUT2D eigenvalue weighted by atomic mass is 10.2. The maximum absolute atomic E-state index is 12.6. The highest BCUT2D eigenvalue weighted by Gasteiger charge is 2.24. The number of benzene rings is 2. The van der Waals surface area contributed by atoms with Crippen LogP contribution in [-0.4, -0.2) is 43.5 Å². The minimum atomic E-state index is -0.0885. The summed E-state index contributed by atoms with van der Waals surface area (Å²) in [7, 11) is 1.64. The van der Waals surface area contributed by atoms with E-state index in [2.05, 4.69) is 10.2 Å². The number of methoxy groups -OCH3 is 1. The molecule has 0 spiro atoms. The molecular weight excluding hydrogens is 354 g/mol. The van der Waals surface area contributed by atoms with Gasteiger partial charge in [0, 0.05) is 19.5 Å². The Hall–Kier alpha value is -2.86. The number of amides is 2. The number of nitrogens with one attached hydrogen (secondary N) is 1. The van der Waals surface area contributed by atoms with E-state index in [1.165, 1.54) is 0 Å². The molecule has 2 amide bonds. The molecule has 6 nitrogen and oxygen atoms in total. The van der Waals surface area contributed by atoms with Crippen molar-refractivity contribution in [3.63, 3.8) is 0 Å². The van der Waals surface area contributed by atoms with Gasteiger partial charge in [0.1, 0.15) is 5.75 Å². The Labute approximate surface area is 166 Å². The average molecular weight is 381 g/mol. The molecule has 1 fully saturated rings. The Morgan fingerprint density at radius 1 is 1.18 bits per heavy atom. The highest BCUT2D eigenvalue weighted by molar-refractivity contribution is 6.02. The third kappa shape index (κ3) is 4.89. The van der Waals surface area contributed by atoms with E-state index in [9.17, 15) is 9.59 Å². The summed E-state index contributed by atoms with van der Waals surface area (Å²) in [5.41, 5.74) is 2.58. The van der Waals surface area contributed by atoms with Crippen molar-refractivity contribution >= 4 is 23.2 Å². The van der Waals surface area contributed by atoms with Crippen molar-refractivity contribution in [3.05, 3.63) is 54.1 Å². The molecule has 148 valence electrons. The fourth-order valence-electron chi connectivity index (χ4n) is 3.38. The van der Waals surface area contributed by atoms with Crippen LogP contribution >= 0.6 is 0 Å². The van der Waals surface area contributed by atoms with E-state index in [0.29, 0.717) is 25.2 Å². The smallest absolute Gasteiger partial charge is 0.238 e. The fraction of sp³-hybridized carbons (Fsp3) is 0.364. The van der Waals surface area contributed by atoms with Crippen molar-refractivity contribution in [2.24, 2.45) is 0 Å². The number of para-hydroxylation sites is 2. The minimum absolute atomic E-state index is 0.0885. The Kier molecular flexibility index (Phi) is 6.66. The van der Waals surface area contributed by atoms with Gasteiger partial charge >= 0.3 is 0 Å². The predicted octanol–water partition coefficient (Wildman–Crippen LogP) is 3.28. The van der Waals surface area contributed by atoms with E-state index >= 15 is 0 Å². The summed E-state index contributed by atoms with van der Waals surface area (Å²) in [6, 6.07) is 15.3. The van der Waals surface area contributed by atoms with E-state index in [1.807, 2.05) is 55.5 Å². The van der Waals surface area contributed by atoms with Gasteiger partial charge in [-0.15, -0.1) is 0 Å². The van der Waals surface area contributed by atoms with Crippen LogP contribution in [0.15, 0.2) is 48.5 Å². The molecule has 1 aliphatic rings. The van der Waals surface area contributed by atoms with Gasteiger partial charge in [0.25, 0.3) is 0 Å². The third-order valence-corrected chi connectivity index (χ3v) is 4.92. The van der Waals surface area contributed by atoms with Crippen molar-refractivity contribution in [2.75, 3.05) is 37.0 Å². The molecule has 0 saturated carbocycles. The van der Waals surface area contributed by atoms with Gasteiger partial charge in [0.15, 0.2) is 0 Å². The van der Waals surface area contributed by atoms with E-state index in [-0.39, 0.29) is 18.4 Å². The number of hydrogen-bond donors (Lipinski definition) is 1. The van der Waals surface area contributed by atoms with Crippen LogP contribution in [0.1, 0.15) is 25.3 Å². The van der Waals surface area contributed by atoms with Crippen LogP contribution in [0, 0.1) is 0 Å². The summed E-state index contributed by atoms with van der Waals surface area (Å²) in [5, 5.41) is 2.98. The molecule has 0 radical (unpaired) electrons. The molecule has 0 aliphatic carbocycles. The van der Waals surface area contributed by atoms with Crippen molar-refractivity contribution in [2.45, 2.75) is 26.3 Å². The monoisotopic (exact) mass is 381 g/mol. The maximum atomic E-state index is 12.6. The fourth-order valence-corrected chi connectivity index (χ4v) is 3.38. The van der Waals surface area contributed by atoms with Crippen LogP contribution in [0.5, 0.6) is 5.75 Å².